The first kappa shape index (κ1) is 8.09. The minimum atomic E-state index is 0.552. The second-order valence-electron chi connectivity index (χ2n) is 3.00. The van der Waals surface area contributed by atoms with Gasteiger partial charge < -0.3 is 0 Å². The first-order chi connectivity index (χ1) is 4.63. The van der Waals surface area contributed by atoms with E-state index in [0.717, 1.165) is 11.3 Å². The zero-order valence-electron chi connectivity index (χ0n) is 6.63. The number of rotatable bonds is 1. The predicted molar refractivity (Wildman–Crippen MR) is 43.1 cm³/mol. The normalized spacial score (nSPS) is 25.8. The quantitative estimate of drug-likeness (QED) is 0.569. The zero-order chi connectivity index (χ0) is 7.72. The van der Waals surface area contributed by atoms with Crippen LogP contribution in [0.15, 0.2) is 0 Å². The molecule has 1 aliphatic rings. The molecule has 1 fully saturated rings. The summed E-state index contributed by atoms with van der Waals surface area (Å²) < 4.78 is 6.26. The molecule has 1 atom stereocenters. The fraction of sp³-hybridized carbons (Fsp3) is 0.857. The van der Waals surface area contributed by atoms with Crippen LogP contribution in [-0.2, 0) is 4.74 Å². The molecule has 0 amide bonds. The van der Waals surface area contributed by atoms with Gasteiger partial charge in [-0.2, -0.15) is 0 Å². The van der Waals surface area contributed by atoms with Crippen molar-refractivity contribution in [2.45, 2.75) is 19.9 Å². The summed E-state index contributed by atoms with van der Waals surface area (Å²) in [5.41, 5.74) is 0. The van der Waals surface area contributed by atoms with E-state index in [2.05, 4.69) is 41.4 Å². The van der Waals surface area contributed by atoms with Crippen molar-refractivity contribution in [1.82, 2.24) is 4.90 Å². The van der Waals surface area contributed by atoms with Crippen LogP contribution in [0.5, 0.6) is 0 Å². The van der Waals surface area contributed by atoms with Crippen LogP contribution in [-0.4, -0.2) is 44.9 Å². The van der Waals surface area contributed by atoms with Gasteiger partial charge in [0.1, 0.15) is 0 Å². The summed E-state index contributed by atoms with van der Waals surface area (Å²) in [5.74, 6) is 0.663. The van der Waals surface area contributed by atoms with Crippen LogP contribution in [0.4, 0.5) is 0 Å². The third-order valence-corrected chi connectivity index (χ3v) is 2.78. The van der Waals surface area contributed by atoms with Crippen LogP contribution < -0.4 is 0 Å². The van der Waals surface area contributed by atoms with Gasteiger partial charge in [-0.05, 0) is 0 Å². The van der Waals surface area contributed by atoms with Crippen molar-refractivity contribution in [2.75, 3.05) is 13.7 Å². The molecule has 1 saturated heterocycles. The summed E-state index contributed by atoms with van der Waals surface area (Å²) in [5, 5.41) is 0. The van der Waals surface area contributed by atoms with E-state index >= 15 is 0 Å². The Hall–Kier alpha value is -0.0105. The summed E-state index contributed by atoms with van der Waals surface area (Å²) in [4.78, 5) is 2.16. The van der Waals surface area contributed by atoms with Crippen LogP contribution >= 0.6 is 0 Å². The van der Waals surface area contributed by atoms with Crippen molar-refractivity contribution < 1.29 is 4.74 Å². The van der Waals surface area contributed by atoms with Crippen molar-refractivity contribution in [3.05, 3.63) is 0 Å². The molecule has 0 saturated carbocycles. The van der Waals surface area contributed by atoms with Gasteiger partial charge in [0.15, 0.2) is 0 Å². The summed E-state index contributed by atoms with van der Waals surface area (Å²) in [6.07, 6.45) is 0. The van der Waals surface area contributed by atoms with Gasteiger partial charge in [0, 0.05) is 0 Å². The van der Waals surface area contributed by atoms with Crippen LogP contribution in [0.25, 0.3) is 0 Å². The molecule has 1 rings (SSSR count). The molecule has 0 radical (unpaired) electrons. The average molecular weight is 206 g/mol. The number of ether oxygens (including phenoxy) is 1. The standard InChI is InChI=1S/C7H13NOSe/c1-5(2)6-4-9-7(10)8(6)3/h5-6H,4H2,1-3H3/t6-/m1/s1. The Kier molecular flexibility index (Phi) is 2.37. The van der Waals surface area contributed by atoms with E-state index in [0.29, 0.717) is 12.0 Å². The maximum atomic E-state index is 5.33. The molecule has 2 nitrogen and oxygen atoms in total. The van der Waals surface area contributed by atoms with Gasteiger partial charge >= 0.3 is 69.4 Å². The monoisotopic (exact) mass is 207 g/mol. The summed E-state index contributed by atoms with van der Waals surface area (Å²) in [6.45, 7) is 5.25. The molecule has 0 aliphatic carbocycles. The van der Waals surface area contributed by atoms with Gasteiger partial charge in [-0.25, -0.2) is 0 Å². The van der Waals surface area contributed by atoms with Crippen molar-refractivity contribution in [3.63, 3.8) is 0 Å². The number of nitrogens with zero attached hydrogens (tertiary/aromatic N) is 1. The van der Waals surface area contributed by atoms with E-state index < -0.39 is 0 Å². The molecule has 0 bridgehead atoms. The third kappa shape index (κ3) is 1.35. The van der Waals surface area contributed by atoms with Gasteiger partial charge in [0.05, 0.1) is 0 Å². The molecule has 0 spiro atoms. The molecule has 1 aliphatic heterocycles. The molecule has 10 heavy (non-hydrogen) atoms. The van der Waals surface area contributed by atoms with Crippen LogP contribution in [0.3, 0.4) is 0 Å². The van der Waals surface area contributed by atoms with Crippen molar-refractivity contribution in [1.29, 1.82) is 0 Å². The topological polar surface area (TPSA) is 12.5 Å². The van der Waals surface area contributed by atoms with Crippen LogP contribution in [0.2, 0.25) is 0 Å². The van der Waals surface area contributed by atoms with Gasteiger partial charge in [0.2, 0.25) is 0 Å². The zero-order valence-corrected chi connectivity index (χ0v) is 8.34. The minimum absolute atomic E-state index is 0.552. The first-order valence-corrected chi connectivity index (χ1v) is 4.38. The van der Waals surface area contributed by atoms with E-state index in [-0.39, 0.29) is 0 Å². The first-order valence-electron chi connectivity index (χ1n) is 3.52. The fourth-order valence-electron chi connectivity index (χ4n) is 1.15. The van der Waals surface area contributed by atoms with Crippen LogP contribution in [0.1, 0.15) is 13.8 Å². The molecular weight excluding hydrogens is 193 g/mol. The van der Waals surface area contributed by atoms with E-state index in [9.17, 15) is 0 Å². The van der Waals surface area contributed by atoms with E-state index in [1.807, 2.05) is 0 Å². The molecule has 0 aromatic heterocycles. The number of hydrogen-bond donors (Lipinski definition) is 0. The average Bonchev–Trinajstić information content (AvgIpc) is 2.14. The molecule has 3 heteroatoms. The Morgan fingerprint density at radius 3 is 2.50 bits per heavy atom. The Balaban J connectivity index is 2.57. The van der Waals surface area contributed by atoms with Crippen molar-refractivity contribution in [2.24, 2.45) is 5.92 Å². The third-order valence-electron chi connectivity index (χ3n) is 1.93. The second-order valence-corrected chi connectivity index (χ2v) is 3.73. The Morgan fingerprint density at radius 2 is 2.30 bits per heavy atom. The van der Waals surface area contributed by atoms with Gasteiger partial charge in [-0.3, -0.25) is 0 Å². The SMILES string of the molecule is CC(C)[C@H]1COC(=[Se])N1C. The predicted octanol–water partition coefficient (Wildman–Crippen LogP) is 0.229. The van der Waals surface area contributed by atoms with Gasteiger partial charge in [-0.1, -0.05) is 0 Å². The van der Waals surface area contributed by atoms with Crippen molar-refractivity contribution in [3.8, 4) is 0 Å². The second kappa shape index (κ2) is 2.93. The Labute approximate surface area is 69.9 Å². The molecule has 0 aromatic rings. The number of hydrogen-bond acceptors (Lipinski definition) is 2. The molecule has 1 heterocycles. The van der Waals surface area contributed by atoms with Crippen LogP contribution in [0, 0.1) is 5.92 Å². The van der Waals surface area contributed by atoms with E-state index in [1.165, 1.54) is 0 Å². The summed E-state index contributed by atoms with van der Waals surface area (Å²) in [6, 6.07) is 0.552. The summed E-state index contributed by atoms with van der Waals surface area (Å²) in [7, 11) is 2.06. The molecule has 0 N–H and O–H groups in total. The van der Waals surface area contributed by atoms with Gasteiger partial charge in [-0.15, -0.1) is 0 Å². The Bertz CT molecular complexity index is 147. The summed E-state index contributed by atoms with van der Waals surface area (Å²) >= 11 is 2.89. The molecular formula is C7H13NOSe. The number of likely N-dealkylation sites (N-methyl/N-ethyl adjacent to an activating group) is 1. The molecule has 0 unspecified atom stereocenters. The van der Waals surface area contributed by atoms with Crippen molar-refractivity contribution >= 4 is 20.3 Å². The molecule has 0 aromatic carbocycles. The van der Waals surface area contributed by atoms with E-state index in [1.54, 1.807) is 0 Å². The Morgan fingerprint density at radius 1 is 1.70 bits per heavy atom. The maximum absolute atomic E-state index is 5.33. The van der Waals surface area contributed by atoms with E-state index in [4.69, 9.17) is 4.74 Å². The molecule has 58 valence electrons. The fourth-order valence-corrected chi connectivity index (χ4v) is 1.57. The van der Waals surface area contributed by atoms with Gasteiger partial charge in [0.25, 0.3) is 0 Å².